The Hall–Kier alpha value is -2.44. The standard InChI is InChI=1S/C13H22N6O/c1-8-4-9(2)6-10(5-8)20-7-13(3,18-11(14)15)19-12(16)17/h4-6H,7H2,1-3H3,(H4,14,15,18)(H4,16,17,19). The summed E-state index contributed by atoms with van der Waals surface area (Å²) in [6.45, 7) is 5.77. The van der Waals surface area contributed by atoms with Crippen molar-refractivity contribution in [2.24, 2.45) is 32.9 Å². The molecule has 1 rings (SSSR count). The van der Waals surface area contributed by atoms with Crippen LogP contribution in [0.5, 0.6) is 5.75 Å². The van der Waals surface area contributed by atoms with E-state index in [-0.39, 0.29) is 18.5 Å². The van der Waals surface area contributed by atoms with Crippen LogP contribution in [0.15, 0.2) is 28.2 Å². The highest BCUT2D eigenvalue weighted by atomic mass is 16.5. The lowest BCUT2D eigenvalue weighted by Crippen LogP contribution is -2.38. The fourth-order valence-electron chi connectivity index (χ4n) is 1.88. The third-order valence-electron chi connectivity index (χ3n) is 2.45. The van der Waals surface area contributed by atoms with Gasteiger partial charge in [0.1, 0.15) is 12.4 Å². The van der Waals surface area contributed by atoms with Gasteiger partial charge >= 0.3 is 0 Å². The summed E-state index contributed by atoms with van der Waals surface area (Å²) in [5, 5.41) is 0. The van der Waals surface area contributed by atoms with Gasteiger partial charge in [0.25, 0.3) is 0 Å². The Morgan fingerprint density at radius 1 is 1.00 bits per heavy atom. The molecule has 0 saturated carbocycles. The Bertz CT molecular complexity index is 491. The summed E-state index contributed by atoms with van der Waals surface area (Å²) in [6, 6.07) is 5.88. The maximum absolute atomic E-state index is 5.70. The Balaban J connectivity index is 2.92. The van der Waals surface area contributed by atoms with Crippen molar-refractivity contribution >= 4 is 11.9 Å². The van der Waals surface area contributed by atoms with Crippen LogP contribution < -0.4 is 27.7 Å². The maximum Gasteiger partial charge on any atom is 0.188 e. The predicted molar refractivity (Wildman–Crippen MR) is 81.4 cm³/mol. The Morgan fingerprint density at radius 2 is 1.45 bits per heavy atom. The van der Waals surface area contributed by atoms with Gasteiger partial charge in [0.05, 0.1) is 0 Å². The average Bonchev–Trinajstić information content (AvgIpc) is 2.22. The summed E-state index contributed by atoms with van der Waals surface area (Å²) < 4.78 is 5.70. The summed E-state index contributed by atoms with van der Waals surface area (Å²) in [6.07, 6.45) is 0. The zero-order valence-electron chi connectivity index (χ0n) is 12.1. The first-order chi connectivity index (χ1) is 9.20. The third kappa shape index (κ3) is 5.05. The molecular weight excluding hydrogens is 256 g/mol. The quantitative estimate of drug-likeness (QED) is 0.441. The van der Waals surface area contributed by atoms with Gasteiger partial charge in [0, 0.05) is 0 Å². The Kier molecular flexibility index (Phi) is 4.79. The summed E-state index contributed by atoms with van der Waals surface area (Å²) in [4.78, 5) is 8.02. The molecule has 0 fully saturated rings. The maximum atomic E-state index is 5.70. The molecule has 7 nitrogen and oxygen atoms in total. The van der Waals surface area contributed by atoms with Crippen molar-refractivity contribution in [1.29, 1.82) is 0 Å². The van der Waals surface area contributed by atoms with Crippen molar-refractivity contribution in [3.63, 3.8) is 0 Å². The molecule has 7 heteroatoms. The van der Waals surface area contributed by atoms with Crippen molar-refractivity contribution in [3.05, 3.63) is 29.3 Å². The van der Waals surface area contributed by atoms with E-state index in [2.05, 4.69) is 16.1 Å². The third-order valence-corrected chi connectivity index (χ3v) is 2.45. The number of rotatable bonds is 5. The van der Waals surface area contributed by atoms with E-state index in [1.54, 1.807) is 6.92 Å². The molecule has 0 unspecified atom stereocenters. The van der Waals surface area contributed by atoms with Gasteiger partial charge in [-0.2, -0.15) is 0 Å². The zero-order chi connectivity index (χ0) is 15.3. The Labute approximate surface area is 118 Å². The van der Waals surface area contributed by atoms with Crippen molar-refractivity contribution in [2.45, 2.75) is 26.4 Å². The molecular formula is C13H22N6O. The average molecular weight is 278 g/mol. The van der Waals surface area contributed by atoms with E-state index in [0.29, 0.717) is 5.75 Å². The summed E-state index contributed by atoms with van der Waals surface area (Å²) in [5.41, 5.74) is 22.7. The first-order valence-electron chi connectivity index (χ1n) is 6.13. The van der Waals surface area contributed by atoms with Gasteiger partial charge in [0.15, 0.2) is 17.6 Å². The molecule has 0 aliphatic carbocycles. The minimum Gasteiger partial charge on any atom is -0.489 e. The second kappa shape index (κ2) is 6.14. The SMILES string of the molecule is Cc1cc(C)cc(OCC(C)(N=C(N)N)N=C(N)N)c1. The van der Waals surface area contributed by atoms with Crippen LogP contribution in [-0.4, -0.2) is 24.2 Å². The second-order valence-corrected chi connectivity index (χ2v) is 4.90. The molecule has 0 radical (unpaired) electrons. The van der Waals surface area contributed by atoms with Crippen molar-refractivity contribution < 1.29 is 4.74 Å². The van der Waals surface area contributed by atoms with Gasteiger partial charge in [-0.1, -0.05) is 6.07 Å². The van der Waals surface area contributed by atoms with Crippen molar-refractivity contribution in [3.8, 4) is 5.75 Å². The molecule has 0 aliphatic heterocycles. The van der Waals surface area contributed by atoms with Crippen LogP contribution in [0.3, 0.4) is 0 Å². The van der Waals surface area contributed by atoms with Crippen LogP contribution in [0, 0.1) is 13.8 Å². The molecule has 0 amide bonds. The monoisotopic (exact) mass is 278 g/mol. The molecule has 20 heavy (non-hydrogen) atoms. The predicted octanol–water partition coefficient (Wildman–Crippen LogP) is -0.0548. The molecule has 0 atom stereocenters. The molecule has 0 bridgehead atoms. The molecule has 0 aromatic heterocycles. The minimum atomic E-state index is -1.06. The molecule has 0 heterocycles. The van der Waals surface area contributed by atoms with Crippen molar-refractivity contribution in [2.75, 3.05) is 6.61 Å². The van der Waals surface area contributed by atoms with Crippen LogP contribution >= 0.6 is 0 Å². The van der Waals surface area contributed by atoms with E-state index in [1.165, 1.54) is 0 Å². The Morgan fingerprint density at radius 3 is 1.85 bits per heavy atom. The molecule has 110 valence electrons. The molecule has 0 aliphatic rings. The zero-order valence-corrected chi connectivity index (χ0v) is 12.1. The molecule has 1 aromatic rings. The second-order valence-electron chi connectivity index (χ2n) is 4.90. The van der Waals surface area contributed by atoms with Gasteiger partial charge in [-0.3, -0.25) is 0 Å². The van der Waals surface area contributed by atoms with Gasteiger partial charge in [-0.05, 0) is 44.0 Å². The number of nitrogens with two attached hydrogens (primary N) is 4. The number of aliphatic imine (C=N–C) groups is 2. The molecule has 8 N–H and O–H groups in total. The number of guanidine groups is 2. The van der Waals surface area contributed by atoms with Crippen LogP contribution in [0.4, 0.5) is 0 Å². The molecule has 1 aromatic carbocycles. The van der Waals surface area contributed by atoms with Crippen LogP contribution in [0.2, 0.25) is 0 Å². The highest BCUT2D eigenvalue weighted by Crippen LogP contribution is 2.19. The highest BCUT2D eigenvalue weighted by molar-refractivity contribution is 5.78. The minimum absolute atomic E-state index is 0.110. The lowest BCUT2D eigenvalue weighted by Gasteiger charge is -2.21. The van der Waals surface area contributed by atoms with Crippen LogP contribution in [-0.2, 0) is 0 Å². The lowest BCUT2D eigenvalue weighted by atomic mass is 10.1. The van der Waals surface area contributed by atoms with E-state index in [9.17, 15) is 0 Å². The van der Waals surface area contributed by atoms with Gasteiger partial charge in [-0.25, -0.2) is 9.98 Å². The van der Waals surface area contributed by atoms with E-state index in [4.69, 9.17) is 27.7 Å². The van der Waals surface area contributed by atoms with E-state index >= 15 is 0 Å². The number of aryl methyl sites for hydroxylation is 2. The number of ether oxygens (including phenoxy) is 1. The largest absolute Gasteiger partial charge is 0.489 e. The fraction of sp³-hybridized carbons (Fsp3) is 0.385. The van der Waals surface area contributed by atoms with Crippen molar-refractivity contribution in [1.82, 2.24) is 0 Å². The van der Waals surface area contributed by atoms with E-state index in [1.807, 2.05) is 26.0 Å². The number of benzene rings is 1. The van der Waals surface area contributed by atoms with Gasteiger partial charge in [-0.15, -0.1) is 0 Å². The lowest BCUT2D eigenvalue weighted by molar-refractivity contribution is 0.237. The first kappa shape index (κ1) is 15.6. The van der Waals surface area contributed by atoms with Gasteiger partial charge in [0.2, 0.25) is 0 Å². The summed E-state index contributed by atoms with van der Waals surface area (Å²) in [5.74, 6) is 0.494. The molecule has 0 spiro atoms. The number of hydrogen-bond donors (Lipinski definition) is 4. The highest BCUT2D eigenvalue weighted by Gasteiger charge is 2.24. The van der Waals surface area contributed by atoms with Gasteiger partial charge < -0.3 is 27.7 Å². The molecule has 0 saturated heterocycles. The summed E-state index contributed by atoms with van der Waals surface area (Å²) in [7, 11) is 0. The summed E-state index contributed by atoms with van der Waals surface area (Å²) >= 11 is 0. The van der Waals surface area contributed by atoms with Crippen LogP contribution in [0.1, 0.15) is 18.1 Å². The normalized spacial score (nSPS) is 10.8. The van der Waals surface area contributed by atoms with Crippen LogP contribution in [0.25, 0.3) is 0 Å². The van der Waals surface area contributed by atoms with E-state index in [0.717, 1.165) is 11.1 Å². The smallest absolute Gasteiger partial charge is 0.188 e. The fourth-order valence-corrected chi connectivity index (χ4v) is 1.88. The van der Waals surface area contributed by atoms with E-state index < -0.39 is 5.66 Å². The number of nitrogens with zero attached hydrogens (tertiary/aromatic N) is 2. The first-order valence-corrected chi connectivity index (χ1v) is 6.13. The topological polar surface area (TPSA) is 138 Å². The number of hydrogen-bond acceptors (Lipinski definition) is 3.